The average molecular weight is 513 g/mol. The van der Waals surface area contributed by atoms with E-state index < -0.39 is 53.0 Å². The van der Waals surface area contributed by atoms with Crippen molar-refractivity contribution in [3.63, 3.8) is 0 Å². The van der Waals surface area contributed by atoms with E-state index in [1.807, 2.05) is 12.1 Å². The van der Waals surface area contributed by atoms with E-state index in [4.69, 9.17) is 9.47 Å². The van der Waals surface area contributed by atoms with Gasteiger partial charge in [0.05, 0.1) is 32.4 Å². The molecule has 3 saturated heterocycles. The van der Waals surface area contributed by atoms with Crippen LogP contribution in [-0.2, 0) is 37.0 Å². The molecule has 0 radical (unpaired) electrons. The van der Waals surface area contributed by atoms with Gasteiger partial charge in [-0.1, -0.05) is 18.2 Å². The summed E-state index contributed by atoms with van der Waals surface area (Å²) in [5.41, 5.74) is 0.859. The lowest BCUT2D eigenvalue weighted by Gasteiger charge is -2.54. The lowest BCUT2D eigenvalue weighted by molar-refractivity contribution is -0.182. The van der Waals surface area contributed by atoms with Crippen LogP contribution < -0.4 is 10.1 Å². The molecule has 3 aliphatic heterocycles. The number of nitrogens with zero attached hydrogens (tertiary/aromatic N) is 2. The second-order valence-corrected chi connectivity index (χ2v) is 9.33. The second kappa shape index (κ2) is 9.98. The number of hydrogen-bond acceptors (Lipinski definition) is 7. The zero-order chi connectivity index (χ0) is 26.3. The molecule has 9 nitrogen and oxygen atoms in total. The van der Waals surface area contributed by atoms with E-state index in [-0.39, 0.29) is 44.5 Å². The molecule has 37 heavy (non-hydrogen) atoms. The largest absolute Gasteiger partial charge is 0.497 e. The van der Waals surface area contributed by atoms with Gasteiger partial charge in [-0.3, -0.25) is 24.1 Å². The second-order valence-electron chi connectivity index (χ2n) is 9.33. The monoisotopic (exact) mass is 513 g/mol. The maximum atomic E-state index is 14.0. The molecular weight excluding hydrogens is 488 g/mol. The third-order valence-electron chi connectivity index (χ3n) is 7.12. The number of piperazine rings is 1. The van der Waals surface area contributed by atoms with Crippen molar-refractivity contribution < 1.29 is 37.4 Å². The number of amides is 2. The number of ketones is 2. The van der Waals surface area contributed by atoms with Crippen LogP contribution in [0.2, 0.25) is 0 Å². The van der Waals surface area contributed by atoms with Gasteiger partial charge >= 0.3 is 0 Å². The van der Waals surface area contributed by atoms with Crippen molar-refractivity contribution in [2.75, 3.05) is 26.9 Å². The van der Waals surface area contributed by atoms with Crippen LogP contribution in [0.1, 0.15) is 11.1 Å². The van der Waals surface area contributed by atoms with Gasteiger partial charge in [0.1, 0.15) is 23.3 Å². The van der Waals surface area contributed by atoms with Crippen LogP contribution in [0.15, 0.2) is 42.5 Å². The number of nitrogens with one attached hydrogen (secondary N) is 1. The van der Waals surface area contributed by atoms with Crippen molar-refractivity contribution in [1.29, 1.82) is 0 Å². The Balaban J connectivity index is 1.34. The summed E-state index contributed by atoms with van der Waals surface area (Å²) in [7, 11) is 1.55. The highest BCUT2D eigenvalue weighted by Crippen LogP contribution is 2.34. The molecule has 1 N–H and O–H groups in total. The summed E-state index contributed by atoms with van der Waals surface area (Å²) < 4.78 is 38.0. The Kier molecular flexibility index (Phi) is 6.74. The zero-order valence-electron chi connectivity index (χ0n) is 20.0. The molecule has 0 aromatic heterocycles. The van der Waals surface area contributed by atoms with Gasteiger partial charge in [-0.2, -0.15) is 0 Å². The maximum absolute atomic E-state index is 14.0. The predicted molar refractivity (Wildman–Crippen MR) is 124 cm³/mol. The average Bonchev–Trinajstić information content (AvgIpc) is 2.88. The van der Waals surface area contributed by atoms with Gasteiger partial charge in [-0.05, 0) is 23.8 Å². The lowest BCUT2D eigenvalue weighted by atomic mass is 9.79. The van der Waals surface area contributed by atoms with Gasteiger partial charge in [-0.25, -0.2) is 8.78 Å². The van der Waals surface area contributed by atoms with Gasteiger partial charge in [0.2, 0.25) is 23.4 Å². The Morgan fingerprint density at radius 2 is 1.84 bits per heavy atom. The molecule has 0 spiro atoms. The van der Waals surface area contributed by atoms with E-state index in [2.05, 4.69) is 5.32 Å². The number of morpholine rings is 1. The number of carbonyl (C=O) groups excluding carboxylic acids is 4. The first kappa shape index (κ1) is 25.0. The minimum atomic E-state index is -1.41. The Labute approximate surface area is 211 Å². The predicted octanol–water partition coefficient (Wildman–Crippen LogP) is 0.838. The van der Waals surface area contributed by atoms with Crippen molar-refractivity contribution in [3.05, 3.63) is 65.2 Å². The summed E-state index contributed by atoms with van der Waals surface area (Å²) in [5.74, 6) is -5.53. The first-order chi connectivity index (χ1) is 17.8. The van der Waals surface area contributed by atoms with Crippen LogP contribution >= 0.6 is 0 Å². The molecule has 194 valence electrons. The van der Waals surface area contributed by atoms with Gasteiger partial charge in [0.25, 0.3) is 0 Å². The summed E-state index contributed by atoms with van der Waals surface area (Å²) in [6.45, 7) is 0.423. The van der Waals surface area contributed by atoms with E-state index in [0.717, 1.165) is 11.6 Å². The van der Waals surface area contributed by atoms with Crippen molar-refractivity contribution in [3.8, 4) is 5.75 Å². The van der Waals surface area contributed by atoms with Gasteiger partial charge in [0.15, 0.2) is 6.04 Å². The van der Waals surface area contributed by atoms with E-state index in [9.17, 15) is 28.0 Å². The fourth-order valence-electron chi connectivity index (χ4n) is 5.29. The molecule has 3 fully saturated rings. The van der Waals surface area contributed by atoms with Crippen molar-refractivity contribution in [2.45, 2.75) is 31.2 Å². The molecular formula is C26H25F2N3O6. The van der Waals surface area contributed by atoms with Crippen molar-refractivity contribution in [2.24, 2.45) is 5.92 Å². The van der Waals surface area contributed by atoms with Crippen LogP contribution in [0, 0.1) is 17.6 Å². The number of halogens is 2. The highest BCUT2D eigenvalue weighted by Gasteiger charge is 2.59. The van der Waals surface area contributed by atoms with Crippen molar-refractivity contribution >= 4 is 23.4 Å². The normalized spacial score (nSPS) is 25.6. The minimum Gasteiger partial charge on any atom is -0.497 e. The van der Waals surface area contributed by atoms with E-state index >= 15 is 0 Å². The molecule has 2 aromatic rings. The van der Waals surface area contributed by atoms with Crippen LogP contribution in [0.3, 0.4) is 0 Å². The van der Waals surface area contributed by atoms with Gasteiger partial charge < -0.3 is 19.7 Å². The van der Waals surface area contributed by atoms with Gasteiger partial charge in [0, 0.05) is 31.3 Å². The third kappa shape index (κ3) is 4.60. The number of carbonyl (C=O) groups is 4. The fraction of sp³-hybridized carbons (Fsp3) is 0.385. The first-order valence-corrected chi connectivity index (χ1v) is 11.8. The smallest absolute Gasteiger partial charge is 0.248 e. The highest BCUT2D eigenvalue weighted by molar-refractivity contribution is 6.47. The Morgan fingerprint density at radius 3 is 2.54 bits per heavy atom. The minimum absolute atomic E-state index is 0.0131. The molecule has 5 rings (SSSR count). The quantitative estimate of drug-likeness (QED) is 0.451. The topological polar surface area (TPSA) is 105 Å². The molecule has 2 aromatic carbocycles. The first-order valence-electron chi connectivity index (χ1n) is 11.8. The summed E-state index contributed by atoms with van der Waals surface area (Å²) in [6.07, 6.45) is 0. The van der Waals surface area contributed by atoms with E-state index in [0.29, 0.717) is 11.8 Å². The maximum Gasteiger partial charge on any atom is 0.248 e. The summed E-state index contributed by atoms with van der Waals surface area (Å²) in [6, 6.07) is 7.58. The SMILES string of the molecule is COc1ccc(CN2CC3COCC4C(C(=O)NCc5ccc(F)cc5F)C(=O)C(=O)C(C2=O)N34)cc1. The third-order valence-corrected chi connectivity index (χ3v) is 7.12. The number of Topliss-reactive ketones (excluding diaryl/α,β-unsaturated/α-hetero) is 2. The molecule has 0 saturated carbocycles. The molecule has 4 unspecified atom stereocenters. The Hall–Kier alpha value is -3.70. The highest BCUT2D eigenvalue weighted by atomic mass is 19.1. The van der Waals surface area contributed by atoms with E-state index in [1.54, 1.807) is 24.1 Å². The summed E-state index contributed by atoms with van der Waals surface area (Å²) in [4.78, 5) is 55.9. The molecule has 0 aliphatic carbocycles. The standard InChI is InChI=1S/C26H25F2N3O6/c1-36-18-6-2-14(3-7-18)10-30-11-17-12-37-13-20-21(23(32)24(33)22(26(30)35)31(17)20)25(34)29-9-15-4-5-16(27)8-19(15)28/h2-8,17,20-22H,9-13H2,1H3,(H,29,34). The Morgan fingerprint density at radius 1 is 1.08 bits per heavy atom. The Bertz CT molecular complexity index is 1250. The van der Waals surface area contributed by atoms with Crippen LogP contribution in [-0.4, -0.2) is 78.2 Å². The molecule has 3 aliphatic rings. The molecule has 0 bridgehead atoms. The van der Waals surface area contributed by atoms with Crippen LogP contribution in [0.4, 0.5) is 8.78 Å². The number of ether oxygens (including phenoxy) is 2. The molecule has 4 atom stereocenters. The number of rotatable bonds is 6. The number of piperidine rings is 1. The van der Waals surface area contributed by atoms with E-state index in [1.165, 1.54) is 11.0 Å². The van der Waals surface area contributed by atoms with Crippen LogP contribution in [0.25, 0.3) is 0 Å². The fourth-order valence-corrected chi connectivity index (χ4v) is 5.29. The lowest BCUT2D eigenvalue weighted by Crippen LogP contribution is -2.76. The molecule has 2 amide bonds. The summed E-state index contributed by atoms with van der Waals surface area (Å²) in [5, 5.41) is 2.48. The zero-order valence-corrected chi connectivity index (χ0v) is 20.0. The molecule has 11 heteroatoms. The summed E-state index contributed by atoms with van der Waals surface area (Å²) >= 11 is 0. The number of benzene rings is 2. The van der Waals surface area contributed by atoms with Crippen molar-refractivity contribution in [1.82, 2.24) is 15.1 Å². The van der Waals surface area contributed by atoms with Gasteiger partial charge in [-0.15, -0.1) is 0 Å². The number of hydrogen-bond donors (Lipinski definition) is 1. The number of methoxy groups -OCH3 is 1. The molecule has 3 heterocycles. The van der Waals surface area contributed by atoms with Crippen LogP contribution in [0.5, 0.6) is 5.75 Å².